The van der Waals surface area contributed by atoms with E-state index in [0.29, 0.717) is 19.7 Å². The number of aryl methyl sites for hydroxylation is 2. The first kappa shape index (κ1) is 20.8. The molecule has 6 nitrogen and oxygen atoms in total. The number of carbonyl (C=O) groups excluding carboxylic acids is 1. The van der Waals surface area contributed by atoms with Crippen LogP contribution in [0.3, 0.4) is 0 Å². The lowest BCUT2D eigenvalue weighted by Crippen LogP contribution is -2.57. The van der Waals surface area contributed by atoms with Gasteiger partial charge in [0.05, 0.1) is 17.9 Å². The van der Waals surface area contributed by atoms with Crippen LogP contribution in [0.1, 0.15) is 41.8 Å². The van der Waals surface area contributed by atoms with Crippen LogP contribution in [0, 0.1) is 13.8 Å². The fourth-order valence-corrected chi connectivity index (χ4v) is 4.58. The number of hydrogen-bond acceptors (Lipinski definition) is 4. The van der Waals surface area contributed by atoms with E-state index in [-0.39, 0.29) is 17.6 Å². The van der Waals surface area contributed by atoms with Gasteiger partial charge in [0.15, 0.2) is 0 Å². The Bertz CT molecular complexity index is 913. The molecule has 0 radical (unpaired) electrons. The molecule has 4 rings (SSSR count). The van der Waals surface area contributed by atoms with Gasteiger partial charge in [-0.2, -0.15) is 5.10 Å². The van der Waals surface area contributed by atoms with Gasteiger partial charge in [0, 0.05) is 44.1 Å². The lowest BCUT2D eigenvalue weighted by molar-refractivity contribution is -0.165. The van der Waals surface area contributed by atoms with E-state index in [9.17, 15) is 4.79 Å². The summed E-state index contributed by atoms with van der Waals surface area (Å²) in [6, 6.07) is 10.2. The molecule has 2 aliphatic rings. The maximum atomic E-state index is 12.9. The fraction of sp³-hybridized carbons (Fsp3) is 0.500. The Morgan fingerprint density at radius 3 is 2.77 bits per heavy atom. The zero-order valence-corrected chi connectivity index (χ0v) is 18.1. The Balaban J connectivity index is 1.45. The summed E-state index contributed by atoms with van der Waals surface area (Å²) in [4.78, 5) is 14.8. The molecule has 2 aliphatic heterocycles. The molecular weight excluding hydrogens is 378 g/mol. The van der Waals surface area contributed by atoms with E-state index < -0.39 is 0 Å². The molecule has 1 aromatic heterocycles. The van der Waals surface area contributed by atoms with Crippen LogP contribution in [0.5, 0.6) is 0 Å². The highest BCUT2D eigenvalue weighted by atomic mass is 16.6. The molecule has 0 bridgehead atoms. The second-order valence-electron chi connectivity index (χ2n) is 8.38. The summed E-state index contributed by atoms with van der Waals surface area (Å²) in [6.45, 7) is 6.54. The topological polar surface area (TPSA) is 56.6 Å². The molecule has 0 N–H and O–H groups in total. The standard InChI is InChI=1S/C24H31N3O3/c1-18-21(19(2)26(3)25-18)10-11-23(28)27-14-13-24(12-7-15-30-24)22(16-27)29-17-20-8-5-4-6-9-20/h4-6,8-11,22H,7,12-17H2,1-3H3/b11-10+/t22-,24+/m0/s1. The molecule has 2 fully saturated rings. The maximum Gasteiger partial charge on any atom is 0.246 e. The van der Waals surface area contributed by atoms with E-state index in [4.69, 9.17) is 9.47 Å². The number of hydrogen-bond donors (Lipinski definition) is 0. The summed E-state index contributed by atoms with van der Waals surface area (Å²) < 4.78 is 14.4. The third-order valence-electron chi connectivity index (χ3n) is 6.47. The van der Waals surface area contributed by atoms with Crippen LogP contribution in [-0.2, 0) is 27.9 Å². The number of amides is 1. The average molecular weight is 410 g/mol. The van der Waals surface area contributed by atoms with Crippen molar-refractivity contribution in [3.63, 3.8) is 0 Å². The molecule has 0 saturated carbocycles. The lowest BCUT2D eigenvalue weighted by Gasteiger charge is -2.44. The highest BCUT2D eigenvalue weighted by Crippen LogP contribution is 2.38. The molecule has 0 aliphatic carbocycles. The molecule has 6 heteroatoms. The molecule has 30 heavy (non-hydrogen) atoms. The third-order valence-corrected chi connectivity index (χ3v) is 6.47. The predicted molar refractivity (Wildman–Crippen MR) is 116 cm³/mol. The Labute approximate surface area is 178 Å². The van der Waals surface area contributed by atoms with Crippen molar-refractivity contribution in [1.82, 2.24) is 14.7 Å². The summed E-state index contributed by atoms with van der Waals surface area (Å²) in [6.07, 6.45) is 6.30. The number of benzene rings is 1. The second kappa shape index (κ2) is 8.74. The molecule has 1 spiro atoms. The van der Waals surface area contributed by atoms with Gasteiger partial charge in [-0.05, 0) is 44.7 Å². The van der Waals surface area contributed by atoms with Crippen LogP contribution < -0.4 is 0 Å². The molecule has 2 saturated heterocycles. The average Bonchev–Trinajstić information content (AvgIpc) is 3.31. The van der Waals surface area contributed by atoms with Gasteiger partial charge in [0.1, 0.15) is 6.10 Å². The van der Waals surface area contributed by atoms with Crippen molar-refractivity contribution >= 4 is 12.0 Å². The van der Waals surface area contributed by atoms with Gasteiger partial charge >= 0.3 is 0 Å². The Morgan fingerprint density at radius 2 is 2.10 bits per heavy atom. The van der Waals surface area contributed by atoms with Crippen LogP contribution in [0.4, 0.5) is 0 Å². The molecule has 160 valence electrons. The summed E-state index contributed by atoms with van der Waals surface area (Å²) >= 11 is 0. The minimum atomic E-state index is -0.258. The molecular formula is C24H31N3O3. The Hall–Kier alpha value is -2.44. The minimum Gasteiger partial charge on any atom is -0.372 e. The number of ether oxygens (including phenoxy) is 2. The van der Waals surface area contributed by atoms with Crippen LogP contribution in [0.2, 0.25) is 0 Å². The van der Waals surface area contributed by atoms with Crippen molar-refractivity contribution in [2.75, 3.05) is 19.7 Å². The van der Waals surface area contributed by atoms with E-state index >= 15 is 0 Å². The minimum absolute atomic E-state index is 0.0128. The largest absolute Gasteiger partial charge is 0.372 e. The maximum absolute atomic E-state index is 12.9. The first-order valence-corrected chi connectivity index (χ1v) is 10.8. The molecule has 3 heterocycles. The van der Waals surface area contributed by atoms with Crippen LogP contribution in [0.25, 0.3) is 6.08 Å². The van der Waals surface area contributed by atoms with E-state index in [2.05, 4.69) is 17.2 Å². The summed E-state index contributed by atoms with van der Waals surface area (Å²) in [5.41, 5.74) is 3.87. The van der Waals surface area contributed by atoms with E-state index in [1.807, 2.05) is 54.8 Å². The molecule has 1 aromatic carbocycles. The van der Waals surface area contributed by atoms with Crippen molar-refractivity contribution in [2.45, 2.75) is 51.4 Å². The van der Waals surface area contributed by atoms with Crippen molar-refractivity contribution in [3.8, 4) is 0 Å². The van der Waals surface area contributed by atoms with Gasteiger partial charge in [0.2, 0.25) is 5.91 Å². The van der Waals surface area contributed by atoms with E-state index in [1.54, 1.807) is 6.08 Å². The van der Waals surface area contributed by atoms with E-state index in [1.165, 1.54) is 0 Å². The summed E-state index contributed by atoms with van der Waals surface area (Å²) in [5.74, 6) is 0.0128. The fourth-order valence-electron chi connectivity index (χ4n) is 4.58. The number of aromatic nitrogens is 2. The quantitative estimate of drug-likeness (QED) is 0.710. The van der Waals surface area contributed by atoms with E-state index in [0.717, 1.165) is 48.4 Å². The Kier molecular flexibility index (Phi) is 6.06. The zero-order valence-electron chi connectivity index (χ0n) is 18.1. The predicted octanol–water partition coefficient (Wildman–Crippen LogP) is 3.42. The number of nitrogens with zero attached hydrogens (tertiary/aromatic N) is 3. The van der Waals surface area contributed by atoms with Crippen LogP contribution >= 0.6 is 0 Å². The molecule has 1 amide bonds. The monoisotopic (exact) mass is 409 g/mol. The summed E-state index contributed by atoms with van der Waals surface area (Å²) in [5, 5.41) is 4.42. The highest BCUT2D eigenvalue weighted by Gasteiger charge is 2.47. The van der Waals surface area contributed by atoms with Crippen molar-refractivity contribution in [3.05, 3.63) is 58.9 Å². The van der Waals surface area contributed by atoms with Gasteiger partial charge in [0.25, 0.3) is 0 Å². The number of likely N-dealkylation sites (tertiary alicyclic amines) is 1. The van der Waals surface area contributed by atoms with Crippen LogP contribution in [0.15, 0.2) is 36.4 Å². The number of carbonyl (C=O) groups is 1. The highest BCUT2D eigenvalue weighted by molar-refractivity contribution is 5.92. The molecule has 2 atom stereocenters. The van der Waals surface area contributed by atoms with Crippen molar-refractivity contribution in [1.29, 1.82) is 0 Å². The lowest BCUT2D eigenvalue weighted by atomic mass is 9.85. The number of piperidine rings is 1. The van der Waals surface area contributed by atoms with Gasteiger partial charge in [-0.15, -0.1) is 0 Å². The van der Waals surface area contributed by atoms with Crippen molar-refractivity contribution in [2.24, 2.45) is 7.05 Å². The van der Waals surface area contributed by atoms with Gasteiger partial charge in [-0.3, -0.25) is 9.48 Å². The second-order valence-corrected chi connectivity index (χ2v) is 8.38. The van der Waals surface area contributed by atoms with Gasteiger partial charge in [-0.25, -0.2) is 0 Å². The first-order chi connectivity index (χ1) is 14.5. The first-order valence-electron chi connectivity index (χ1n) is 10.8. The molecule has 2 aromatic rings. The SMILES string of the molecule is Cc1nn(C)c(C)c1/C=C/C(=O)N1CC[C@]2(CCCO2)[C@@H](OCc2ccccc2)C1. The smallest absolute Gasteiger partial charge is 0.246 e. The number of rotatable bonds is 5. The van der Waals surface area contributed by atoms with Gasteiger partial charge < -0.3 is 14.4 Å². The molecule has 0 unspecified atom stereocenters. The van der Waals surface area contributed by atoms with Crippen molar-refractivity contribution < 1.29 is 14.3 Å². The van der Waals surface area contributed by atoms with Gasteiger partial charge in [-0.1, -0.05) is 30.3 Å². The van der Waals surface area contributed by atoms with Crippen LogP contribution in [-0.4, -0.2) is 52.0 Å². The summed E-state index contributed by atoms with van der Waals surface area (Å²) in [7, 11) is 1.92. The Morgan fingerprint density at radius 1 is 1.30 bits per heavy atom. The zero-order chi connectivity index (χ0) is 21.1. The normalized spacial score (nSPS) is 24.2. The third kappa shape index (κ3) is 4.20.